The monoisotopic (exact) mass is 392 g/mol. The number of ether oxygens (including phenoxy) is 3. The highest BCUT2D eigenvalue weighted by Crippen LogP contribution is 2.33. The molecule has 0 atom stereocenters. The number of benzene rings is 1. The number of carbonyl (C=O) groups excluding carboxylic acids is 1. The summed E-state index contributed by atoms with van der Waals surface area (Å²) in [7, 11) is 0. The Bertz CT molecular complexity index is 825. The summed E-state index contributed by atoms with van der Waals surface area (Å²) in [5, 5.41) is 10.7. The van der Waals surface area contributed by atoms with Gasteiger partial charge < -0.3 is 23.7 Å². The standard InChI is InChI=1S/C21H28O7/c1-3-5-6-7-8-9-12-26-20-19(23)16-13-15(27-14-18(22)25-4-2)10-11-17(16)28-21(20)24/h10-11,13,23H,3-9,12,14H2,1-2H3. The van der Waals surface area contributed by atoms with Gasteiger partial charge in [-0.1, -0.05) is 39.0 Å². The number of hydrogen-bond acceptors (Lipinski definition) is 7. The van der Waals surface area contributed by atoms with Gasteiger partial charge in [0.05, 0.1) is 18.6 Å². The van der Waals surface area contributed by atoms with E-state index >= 15 is 0 Å². The van der Waals surface area contributed by atoms with E-state index in [0.29, 0.717) is 12.4 Å². The smallest absolute Gasteiger partial charge is 0.383 e. The van der Waals surface area contributed by atoms with Gasteiger partial charge in [0.2, 0.25) is 5.75 Å². The Morgan fingerprint density at radius 3 is 2.57 bits per heavy atom. The summed E-state index contributed by atoms with van der Waals surface area (Å²) in [6.07, 6.45) is 6.52. The first-order chi connectivity index (χ1) is 13.6. The van der Waals surface area contributed by atoms with Crippen molar-refractivity contribution in [1.29, 1.82) is 0 Å². The Balaban J connectivity index is 2.03. The van der Waals surface area contributed by atoms with Crippen LogP contribution in [0.1, 0.15) is 52.4 Å². The maximum Gasteiger partial charge on any atom is 0.383 e. The second-order valence-corrected chi connectivity index (χ2v) is 6.44. The first-order valence-electron chi connectivity index (χ1n) is 9.77. The minimum absolute atomic E-state index is 0.205. The van der Waals surface area contributed by atoms with E-state index in [1.54, 1.807) is 13.0 Å². The van der Waals surface area contributed by atoms with Gasteiger partial charge in [-0.05, 0) is 31.5 Å². The molecule has 1 N–H and O–H groups in total. The van der Waals surface area contributed by atoms with E-state index in [4.69, 9.17) is 18.6 Å². The van der Waals surface area contributed by atoms with Crippen LogP contribution in [-0.2, 0) is 9.53 Å². The lowest BCUT2D eigenvalue weighted by Gasteiger charge is -2.10. The fourth-order valence-electron chi connectivity index (χ4n) is 2.77. The van der Waals surface area contributed by atoms with Crippen molar-refractivity contribution >= 4 is 16.9 Å². The number of rotatable bonds is 12. The number of unbranched alkanes of at least 4 members (excludes halogenated alkanes) is 5. The lowest BCUT2D eigenvalue weighted by molar-refractivity contribution is -0.145. The molecular formula is C21H28O7. The Hall–Kier alpha value is -2.70. The molecule has 0 saturated heterocycles. The molecule has 0 saturated carbocycles. The Morgan fingerprint density at radius 1 is 1.07 bits per heavy atom. The molecule has 0 aliphatic heterocycles. The van der Waals surface area contributed by atoms with E-state index in [-0.39, 0.29) is 35.7 Å². The van der Waals surface area contributed by atoms with Crippen LogP contribution in [-0.4, -0.2) is 30.9 Å². The number of hydrogen-bond donors (Lipinski definition) is 1. The molecule has 1 aromatic carbocycles. The quantitative estimate of drug-likeness (QED) is 0.329. The van der Waals surface area contributed by atoms with E-state index in [1.807, 2.05) is 0 Å². The van der Waals surface area contributed by atoms with Gasteiger partial charge in [-0.15, -0.1) is 0 Å². The lowest BCUT2D eigenvalue weighted by atomic mass is 10.1. The van der Waals surface area contributed by atoms with Gasteiger partial charge in [-0.2, -0.15) is 0 Å². The van der Waals surface area contributed by atoms with Gasteiger partial charge in [0, 0.05) is 0 Å². The maximum absolute atomic E-state index is 12.1. The summed E-state index contributed by atoms with van der Waals surface area (Å²) in [5.74, 6) is -0.650. The molecule has 0 fully saturated rings. The predicted octanol–water partition coefficient (Wildman–Crippen LogP) is 4.18. The third-order valence-electron chi connectivity index (χ3n) is 4.22. The van der Waals surface area contributed by atoms with Crippen molar-refractivity contribution in [3.05, 3.63) is 28.6 Å². The van der Waals surface area contributed by atoms with E-state index in [1.165, 1.54) is 31.4 Å². The van der Waals surface area contributed by atoms with Crippen molar-refractivity contribution in [2.75, 3.05) is 19.8 Å². The van der Waals surface area contributed by atoms with Gasteiger partial charge in [0.1, 0.15) is 11.3 Å². The van der Waals surface area contributed by atoms with Crippen LogP contribution in [0.15, 0.2) is 27.4 Å². The van der Waals surface area contributed by atoms with Gasteiger partial charge in [-0.25, -0.2) is 9.59 Å². The van der Waals surface area contributed by atoms with E-state index in [2.05, 4.69) is 6.92 Å². The number of esters is 1. The van der Waals surface area contributed by atoms with Crippen LogP contribution in [0.2, 0.25) is 0 Å². The third-order valence-corrected chi connectivity index (χ3v) is 4.22. The summed E-state index contributed by atoms with van der Waals surface area (Å²) in [6, 6.07) is 4.53. The summed E-state index contributed by atoms with van der Waals surface area (Å²) >= 11 is 0. The van der Waals surface area contributed by atoms with Crippen molar-refractivity contribution in [3.8, 4) is 17.2 Å². The first kappa shape index (κ1) is 21.6. The molecule has 0 amide bonds. The van der Waals surface area contributed by atoms with E-state index in [9.17, 15) is 14.7 Å². The van der Waals surface area contributed by atoms with Crippen LogP contribution < -0.4 is 15.1 Å². The van der Waals surface area contributed by atoms with Crippen LogP contribution in [0, 0.1) is 0 Å². The van der Waals surface area contributed by atoms with Gasteiger partial charge >= 0.3 is 11.6 Å². The summed E-state index contributed by atoms with van der Waals surface area (Å²) < 4.78 is 20.9. The Kier molecular flexibility index (Phi) is 8.65. The summed E-state index contributed by atoms with van der Waals surface area (Å²) in [5.41, 5.74) is -0.519. The number of aromatic hydroxyl groups is 1. The van der Waals surface area contributed by atoms with Crippen LogP contribution in [0.5, 0.6) is 17.2 Å². The molecule has 1 heterocycles. The second-order valence-electron chi connectivity index (χ2n) is 6.44. The minimum atomic E-state index is -0.726. The molecular weight excluding hydrogens is 364 g/mol. The Morgan fingerprint density at radius 2 is 1.82 bits per heavy atom. The molecule has 0 radical (unpaired) electrons. The van der Waals surface area contributed by atoms with Gasteiger partial charge in [0.25, 0.3) is 0 Å². The molecule has 0 aliphatic rings. The van der Waals surface area contributed by atoms with Crippen molar-refractivity contribution in [2.24, 2.45) is 0 Å². The van der Waals surface area contributed by atoms with Crippen LogP contribution in [0.4, 0.5) is 0 Å². The average molecular weight is 392 g/mol. The van der Waals surface area contributed by atoms with E-state index in [0.717, 1.165) is 19.3 Å². The number of carbonyl (C=O) groups is 1. The van der Waals surface area contributed by atoms with Gasteiger partial charge in [-0.3, -0.25) is 0 Å². The SMILES string of the molecule is CCCCCCCCOc1c(O)c2cc(OCC(=O)OCC)ccc2oc1=O. The highest BCUT2D eigenvalue weighted by Gasteiger charge is 2.16. The molecule has 1 aromatic heterocycles. The van der Waals surface area contributed by atoms with Crippen LogP contribution >= 0.6 is 0 Å². The largest absolute Gasteiger partial charge is 0.504 e. The zero-order valence-corrected chi connectivity index (χ0v) is 16.5. The molecule has 0 spiro atoms. The molecule has 0 bridgehead atoms. The summed E-state index contributed by atoms with van der Waals surface area (Å²) in [4.78, 5) is 23.5. The topological polar surface area (TPSA) is 95.2 Å². The molecule has 0 aliphatic carbocycles. The second kappa shape index (κ2) is 11.2. The molecule has 28 heavy (non-hydrogen) atoms. The van der Waals surface area contributed by atoms with Crippen molar-refractivity contribution < 1.29 is 28.5 Å². The summed E-state index contributed by atoms with van der Waals surface area (Å²) in [6.45, 7) is 4.22. The minimum Gasteiger partial charge on any atom is -0.504 e. The highest BCUT2D eigenvalue weighted by molar-refractivity contribution is 5.86. The van der Waals surface area contributed by atoms with Gasteiger partial charge in [0.15, 0.2) is 12.4 Å². The van der Waals surface area contributed by atoms with Crippen molar-refractivity contribution in [2.45, 2.75) is 52.4 Å². The fourth-order valence-corrected chi connectivity index (χ4v) is 2.77. The van der Waals surface area contributed by atoms with E-state index < -0.39 is 11.6 Å². The van der Waals surface area contributed by atoms with Crippen molar-refractivity contribution in [3.63, 3.8) is 0 Å². The normalized spacial score (nSPS) is 10.8. The van der Waals surface area contributed by atoms with Crippen molar-refractivity contribution in [1.82, 2.24) is 0 Å². The molecule has 0 unspecified atom stereocenters. The zero-order chi connectivity index (χ0) is 20.4. The third kappa shape index (κ3) is 6.18. The molecule has 154 valence electrons. The fraction of sp³-hybridized carbons (Fsp3) is 0.524. The lowest BCUT2D eigenvalue weighted by Crippen LogP contribution is -2.14. The molecule has 7 heteroatoms. The highest BCUT2D eigenvalue weighted by atomic mass is 16.6. The average Bonchev–Trinajstić information content (AvgIpc) is 2.68. The maximum atomic E-state index is 12.1. The number of fused-ring (bicyclic) bond motifs is 1. The molecule has 7 nitrogen and oxygen atoms in total. The molecule has 2 rings (SSSR count). The predicted molar refractivity (Wildman–Crippen MR) is 105 cm³/mol. The molecule has 2 aromatic rings. The van der Waals surface area contributed by atoms with Crippen LogP contribution in [0.25, 0.3) is 11.0 Å². The Labute approximate surface area is 164 Å². The first-order valence-corrected chi connectivity index (χ1v) is 9.77. The zero-order valence-electron chi connectivity index (χ0n) is 16.5. The van der Waals surface area contributed by atoms with Crippen LogP contribution in [0.3, 0.4) is 0 Å².